The van der Waals surface area contributed by atoms with E-state index in [0.29, 0.717) is 0 Å². The molecule has 0 amide bonds. The monoisotopic (exact) mass is 466 g/mol. The standard InChI is InChI=1S/C22H16Br2N2/c1-15-21(16-7-11-18(23)12-8-16)22(17-9-13-19(24)14-10-17)25-26(15)20-5-3-2-4-6-20/h2-14H,1H3. The van der Waals surface area contributed by atoms with Gasteiger partial charge < -0.3 is 0 Å². The van der Waals surface area contributed by atoms with E-state index in [2.05, 4.69) is 99.4 Å². The van der Waals surface area contributed by atoms with Crippen LogP contribution < -0.4 is 0 Å². The van der Waals surface area contributed by atoms with Crippen molar-refractivity contribution in [3.63, 3.8) is 0 Å². The number of hydrogen-bond acceptors (Lipinski definition) is 1. The molecule has 26 heavy (non-hydrogen) atoms. The Morgan fingerprint density at radius 2 is 1.23 bits per heavy atom. The van der Waals surface area contributed by atoms with Gasteiger partial charge in [-0.05, 0) is 48.9 Å². The predicted molar refractivity (Wildman–Crippen MR) is 115 cm³/mol. The fraction of sp³-hybridized carbons (Fsp3) is 0.0455. The maximum absolute atomic E-state index is 4.97. The van der Waals surface area contributed by atoms with Crippen LogP contribution in [0.25, 0.3) is 28.1 Å². The first-order valence-corrected chi connectivity index (χ1v) is 9.89. The summed E-state index contributed by atoms with van der Waals surface area (Å²) >= 11 is 7.04. The Morgan fingerprint density at radius 1 is 0.692 bits per heavy atom. The van der Waals surface area contributed by atoms with Crippen molar-refractivity contribution in [2.24, 2.45) is 0 Å². The van der Waals surface area contributed by atoms with E-state index in [1.54, 1.807) is 0 Å². The number of halogens is 2. The molecule has 0 spiro atoms. The van der Waals surface area contributed by atoms with Gasteiger partial charge in [0.05, 0.1) is 5.69 Å². The summed E-state index contributed by atoms with van der Waals surface area (Å²) < 4.78 is 4.15. The molecule has 1 aromatic heterocycles. The lowest BCUT2D eigenvalue weighted by Gasteiger charge is -2.06. The van der Waals surface area contributed by atoms with Crippen molar-refractivity contribution in [1.29, 1.82) is 0 Å². The average molecular weight is 468 g/mol. The highest BCUT2D eigenvalue weighted by Gasteiger charge is 2.18. The molecule has 0 aliphatic rings. The molecule has 0 saturated carbocycles. The van der Waals surface area contributed by atoms with Crippen LogP contribution in [-0.2, 0) is 0 Å². The van der Waals surface area contributed by atoms with Crippen molar-refractivity contribution in [2.75, 3.05) is 0 Å². The molecule has 0 unspecified atom stereocenters. The number of nitrogens with zero attached hydrogens (tertiary/aromatic N) is 2. The van der Waals surface area contributed by atoms with Crippen LogP contribution in [0.5, 0.6) is 0 Å². The maximum atomic E-state index is 4.97. The molecule has 4 aromatic rings. The highest BCUT2D eigenvalue weighted by molar-refractivity contribution is 9.10. The summed E-state index contributed by atoms with van der Waals surface area (Å²) in [7, 11) is 0. The topological polar surface area (TPSA) is 17.8 Å². The fourth-order valence-electron chi connectivity index (χ4n) is 3.09. The third kappa shape index (κ3) is 3.27. The van der Waals surface area contributed by atoms with E-state index in [1.807, 2.05) is 22.9 Å². The van der Waals surface area contributed by atoms with Crippen LogP contribution >= 0.6 is 31.9 Å². The first-order valence-electron chi connectivity index (χ1n) is 8.30. The summed E-state index contributed by atoms with van der Waals surface area (Å²) in [5.41, 5.74) is 6.59. The highest BCUT2D eigenvalue weighted by atomic mass is 79.9. The minimum Gasteiger partial charge on any atom is -0.237 e. The number of para-hydroxylation sites is 1. The summed E-state index contributed by atoms with van der Waals surface area (Å²) in [6.45, 7) is 2.12. The second-order valence-corrected chi connectivity index (χ2v) is 7.90. The molecule has 0 atom stereocenters. The van der Waals surface area contributed by atoms with Crippen LogP contribution in [0.4, 0.5) is 0 Å². The lowest BCUT2D eigenvalue weighted by molar-refractivity contribution is 0.850. The van der Waals surface area contributed by atoms with Gasteiger partial charge in [0.2, 0.25) is 0 Å². The minimum atomic E-state index is 0.987. The Bertz CT molecular complexity index is 1030. The van der Waals surface area contributed by atoms with Gasteiger partial charge in [-0.2, -0.15) is 5.10 Å². The second kappa shape index (κ2) is 7.22. The van der Waals surface area contributed by atoms with Crippen LogP contribution in [0, 0.1) is 6.92 Å². The van der Waals surface area contributed by atoms with Gasteiger partial charge in [-0.3, -0.25) is 0 Å². The molecule has 0 aliphatic carbocycles. The summed E-state index contributed by atoms with van der Waals surface area (Å²) in [4.78, 5) is 0. The zero-order chi connectivity index (χ0) is 18.1. The van der Waals surface area contributed by atoms with E-state index in [9.17, 15) is 0 Å². The molecule has 0 saturated heterocycles. The van der Waals surface area contributed by atoms with E-state index in [4.69, 9.17) is 5.10 Å². The zero-order valence-corrected chi connectivity index (χ0v) is 17.3. The second-order valence-electron chi connectivity index (χ2n) is 6.07. The van der Waals surface area contributed by atoms with Gasteiger partial charge in [-0.15, -0.1) is 0 Å². The Labute approximate surface area is 169 Å². The molecule has 1 heterocycles. The van der Waals surface area contributed by atoms with E-state index in [0.717, 1.165) is 42.7 Å². The Balaban J connectivity index is 1.96. The molecule has 0 radical (unpaired) electrons. The van der Waals surface area contributed by atoms with Crippen molar-refractivity contribution < 1.29 is 0 Å². The van der Waals surface area contributed by atoms with Gasteiger partial charge in [0.25, 0.3) is 0 Å². The lowest BCUT2D eigenvalue weighted by atomic mass is 9.99. The van der Waals surface area contributed by atoms with E-state index < -0.39 is 0 Å². The summed E-state index contributed by atoms with van der Waals surface area (Å²) in [5.74, 6) is 0. The van der Waals surface area contributed by atoms with Gasteiger partial charge in [-0.1, -0.05) is 74.3 Å². The molecule has 0 N–H and O–H groups in total. The quantitative estimate of drug-likeness (QED) is 0.316. The first kappa shape index (κ1) is 17.3. The van der Waals surface area contributed by atoms with Gasteiger partial charge >= 0.3 is 0 Å². The lowest BCUT2D eigenvalue weighted by Crippen LogP contribution is -1.98. The highest BCUT2D eigenvalue weighted by Crippen LogP contribution is 2.36. The number of aromatic nitrogens is 2. The maximum Gasteiger partial charge on any atom is 0.101 e. The van der Waals surface area contributed by atoms with Crippen LogP contribution in [0.1, 0.15) is 5.69 Å². The van der Waals surface area contributed by atoms with Gasteiger partial charge in [-0.25, -0.2) is 4.68 Å². The van der Waals surface area contributed by atoms with Gasteiger partial charge in [0, 0.05) is 25.8 Å². The molecule has 2 nitrogen and oxygen atoms in total. The van der Waals surface area contributed by atoms with E-state index >= 15 is 0 Å². The molecule has 4 heteroatoms. The zero-order valence-electron chi connectivity index (χ0n) is 14.2. The van der Waals surface area contributed by atoms with Gasteiger partial charge in [0.1, 0.15) is 5.69 Å². The minimum absolute atomic E-state index is 0.987. The molecule has 128 valence electrons. The summed E-state index contributed by atoms with van der Waals surface area (Å²) in [6, 6.07) is 27.0. The van der Waals surface area contributed by atoms with Crippen molar-refractivity contribution >= 4 is 31.9 Å². The number of hydrogen-bond donors (Lipinski definition) is 0. The molecular formula is C22H16Br2N2. The van der Waals surface area contributed by atoms with Crippen LogP contribution in [-0.4, -0.2) is 9.78 Å². The van der Waals surface area contributed by atoms with Crippen molar-refractivity contribution in [2.45, 2.75) is 6.92 Å². The fourth-order valence-corrected chi connectivity index (χ4v) is 3.62. The normalized spacial score (nSPS) is 10.9. The molecule has 0 bridgehead atoms. The summed E-state index contributed by atoms with van der Waals surface area (Å²) in [6.07, 6.45) is 0. The van der Waals surface area contributed by atoms with Crippen molar-refractivity contribution in [1.82, 2.24) is 9.78 Å². The average Bonchev–Trinajstić information content (AvgIpc) is 3.01. The van der Waals surface area contributed by atoms with Crippen LogP contribution in [0.3, 0.4) is 0 Å². The Hall–Kier alpha value is -2.17. The third-order valence-electron chi connectivity index (χ3n) is 4.37. The van der Waals surface area contributed by atoms with Gasteiger partial charge in [0.15, 0.2) is 0 Å². The van der Waals surface area contributed by atoms with Crippen molar-refractivity contribution in [3.05, 3.63) is 93.5 Å². The smallest absolute Gasteiger partial charge is 0.101 e. The predicted octanol–water partition coefficient (Wildman–Crippen LogP) is 7.04. The Kier molecular flexibility index (Phi) is 4.79. The summed E-state index contributed by atoms with van der Waals surface area (Å²) in [5, 5.41) is 4.97. The van der Waals surface area contributed by atoms with E-state index in [-0.39, 0.29) is 0 Å². The molecule has 4 rings (SSSR count). The largest absolute Gasteiger partial charge is 0.237 e. The molecule has 0 fully saturated rings. The Morgan fingerprint density at radius 3 is 1.81 bits per heavy atom. The molecular weight excluding hydrogens is 452 g/mol. The van der Waals surface area contributed by atoms with Crippen LogP contribution in [0.15, 0.2) is 87.8 Å². The number of benzene rings is 3. The third-order valence-corrected chi connectivity index (χ3v) is 5.42. The van der Waals surface area contributed by atoms with Crippen molar-refractivity contribution in [3.8, 4) is 28.1 Å². The van der Waals surface area contributed by atoms with E-state index in [1.165, 1.54) is 0 Å². The van der Waals surface area contributed by atoms with Crippen LogP contribution in [0.2, 0.25) is 0 Å². The first-order chi connectivity index (χ1) is 12.6. The molecule has 0 aliphatic heterocycles. The SMILES string of the molecule is Cc1c(-c2ccc(Br)cc2)c(-c2ccc(Br)cc2)nn1-c1ccccc1. The number of rotatable bonds is 3. The molecule has 3 aromatic carbocycles.